The molecule has 18 heavy (non-hydrogen) atoms. The van der Waals surface area contributed by atoms with Crippen molar-refractivity contribution in [3.8, 4) is 0 Å². The molecule has 1 aromatic heterocycles. The first-order chi connectivity index (χ1) is 8.58. The van der Waals surface area contributed by atoms with Gasteiger partial charge in [0, 0.05) is 19.1 Å². The van der Waals surface area contributed by atoms with Crippen molar-refractivity contribution in [1.82, 2.24) is 9.97 Å². The first-order valence-corrected chi connectivity index (χ1v) is 7.54. The third-order valence-corrected chi connectivity index (χ3v) is 4.42. The molecule has 5 heteroatoms. The summed E-state index contributed by atoms with van der Waals surface area (Å²) in [5.74, 6) is 1.81. The van der Waals surface area contributed by atoms with E-state index < -0.39 is 0 Å². The normalized spacial score (nSPS) is 17.4. The van der Waals surface area contributed by atoms with Crippen LogP contribution in [0.3, 0.4) is 0 Å². The van der Waals surface area contributed by atoms with Crippen molar-refractivity contribution in [2.24, 2.45) is 5.92 Å². The molecule has 0 N–H and O–H groups in total. The Morgan fingerprint density at radius 2 is 2.00 bits per heavy atom. The van der Waals surface area contributed by atoms with E-state index in [9.17, 15) is 0 Å². The molecular formula is C13H18BrClN2O. The molecule has 100 valence electrons. The molecule has 1 fully saturated rings. The van der Waals surface area contributed by atoms with E-state index >= 15 is 0 Å². The van der Waals surface area contributed by atoms with Crippen molar-refractivity contribution in [3.63, 3.8) is 0 Å². The molecule has 0 saturated carbocycles. The van der Waals surface area contributed by atoms with Gasteiger partial charge in [0.25, 0.3) is 0 Å². The number of nitrogens with zero attached hydrogens (tertiary/aromatic N) is 2. The predicted octanol–water partition coefficient (Wildman–Crippen LogP) is 3.99. The fourth-order valence-electron chi connectivity index (χ4n) is 2.14. The molecule has 1 saturated heterocycles. The highest BCUT2D eigenvalue weighted by atomic mass is 79.9. The lowest BCUT2D eigenvalue weighted by Gasteiger charge is -2.21. The number of hydrogen-bond acceptors (Lipinski definition) is 3. The summed E-state index contributed by atoms with van der Waals surface area (Å²) >= 11 is 9.68. The van der Waals surface area contributed by atoms with Crippen LogP contribution in [0.2, 0.25) is 5.15 Å². The van der Waals surface area contributed by atoms with Crippen molar-refractivity contribution in [2.75, 3.05) is 13.2 Å². The maximum Gasteiger partial charge on any atom is 0.147 e. The van der Waals surface area contributed by atoms with E-state index in [0.717, 1.165) is 48.5 Å². The molecule has 0 bridgehead atoms. The number of hydrogen-bond donors (Lipinski definition) is 0. The van der Waals surface area contributed by atoms with Crippen LogP contribution in [-0.4, -0.2) is 23.2 Å². The van der Waals surface area contributed by atoms with Gasteiger partial charge in [-0.1, -0.05) is 25.4 Å². The van der Waals surface area contributed by atoms with Gasteiger partial charge in [-0.25, -0.2) is 9.97 Å². The summed E-state index contributed by atoms with van der Waals surface area (Å²) in [4.78, 5) is 9.12. The molecule has 2 rings (SSSR count). The van der Waals surface area contributed by atoms with E-state index in [1.165, 1.54) is 0 Å². The highest BCUT2D eigenvalue weighted by molar-refractivity contribution is 9.10. The number of rotatable bonds is 3. The second-order valence-corrected chi connectivity index (χ2v) is 6.27. The topological polar surface area (TPSA) is 35.0 Å². The Morgan fingerprint density at radius 3 is 2.61 bits per heavy atom. The molecule has 2 heterocycles. The minimum Gasteiger partial charge on any atom is -0.381 e. The second-order valence-electron chi connectivity index (χ2n) is 5.12. The van der Waals surface area contributed by atoms with Crippen LogP contribution in [0.25, 0.3) is 0 Å². The Bertz CT molecular complexity index is 420. The zero-order valence-corrected chi connectivity index (χ0v) is 13.1. The summed E-state index contributed by atoms with van der Waals surface area (Å²) in [7, 11) is 0. The molecule has 0 spiro atoms. The van der Waals surface area contributed by atoms with E-state index in [2.05, 4.69) is 34.8 Å². The number of aromatic nitrogens is 2. The van der Waals surface area contributed by atoms with Gasteiger partial charge in [-0.3, -0.25) is 0 Å². The Labute approximate surface area is 121 Å². The van der Waals surface area contributed by atoms with Crippen molar-refractivity contribution < 1.29 is 4.74 Å². The van der Waals surface area contributed by atoms with Gasteiger partial charge in [0.15, 0.2) is 0 Å². The average Bonchev–Trinajstić information content (AvgIpc) is 2.35. The van der Waals surface area contributed by atoms with Crippen molar-refractivity contribution in [2.45, 2.75) is 39.0 Å². The SMILES string of the molecule is CC(C)Cc1nc(C2CCOCC2)nc(Cl)c1Br. The molecule has 1 aliphatic rings. The summed E-state index contributed by atoms with van der Waals surface area (Å²) in [6.07, 6.45) is 2.89. The van der Waals surface area contributed by atoms with Gasteiger partial charge >= 0.3 is 0 Å². The van der Waals surface area contributed by atoms with Crippen molar-refractivity contribution in [1.29, 1.82) is 0 Å². The lowest BCUT2D eigenvalue weighted by Crippen LogP contribution is -2.17. The first-order valence-electron chi connectivity index (χ1n) is 6.37. The van der Waals surface area contributed by atoms with Crippen LogP contribution < -0.4 is 0 Å². The average molecular weight is 334 g/mol. The Morgan fingerprint density at radius 1 is 1.33 bits per heavy atom. The minimum atomic E-state index is 0.385. The molecule has 0 radical (unpaired) electrons. The Hall–Kier alpha value is -0.190. The van der Waals surface area contributed by atoms with E-state index in [-0.39, 0.29) is 0 Å². The van der Waals surface area contributed by atoms with Crippen LogP contribution in [-0.2, 0) is 11.2 Å². The molecular weight excluding hydrogens is 316 g/mol. The van der Waals surface area contributed by atoms with Gasteiger partial charge in [-0.2, -0.15) is 0 Å². The Balaban J connectivity index is 2.27. The van der Waals surface area contributed by atoms with Gasteiger partial charge in [0.05, 0.1) is 10.2 Å². The largest absolute Gasteiger partial charge is 0.381 e. The molecule has 1 aliphatic heterocycles. The predicted molar refractivity (Wildman–Crippen MR) is 76.1 cm³/mol. The molecule has 0 aliphatic carbocycles. The van der Waals surface area contributed by atoms with E-state index in [1.54, 1.807) is 0 Å². The highest BCUT2D eigenvalue weighted by Crippen LogP contribution is 2.30. The fourth-order valence-corrected chi connectivity index (χ4v) is 2.68. The second kappa shape index (κ2) is 6.31. The smallest absolute Gasteiger partial charge is 0.147 e. The lowest BCUT2D eigenvalue weighted by molar-refractivity contribution is 0.0835. The van der Waals surface area contributed by atoms with Gasteiger partial charge in [-0.05, 0) is 41.1 Å². The summed E-state index contributed by atoms with van der Waals surface area (Å²) in [5, 5.41) is 0.530. The maximum atomic E-state index is 6.19. The minimum absolute atomic E-state index is 0.385. The molecule has 3 nitrogen and oxygen atoms in total. The zero-order valence-electron chi connectivity index (χ0n) is 10.7. The summed E-state index contributed by atoms with van der Waals surface area (Å²) in [6.45, 7) is 5.94. The molecule has 0 atom stereocenters. The van der Waals surface area contributed by atoms with Crippen LogP contribution in [0.1, 0.15) is 44.1 Å². The van der Waals surface area contributed by atoms with Crippen LogP contribution in [0.4, 0.5) is 0 Å². The molecule has 0 unspecified atom stereocenters. The van der Waals surface area contributed by atoms with Gasteiger partial charge in [0.2, 0.25) is 0 Å². The van der Waals surface area contributed by atoms with Crippen molar-refractivity contribution in [3.05, 3.63) is 21.1 Å². The summed E-state index contributed by atoms with van der Waals surface area (Å²) < 4.78 is 6.21. The monoisotopic (exact) mass is 332 g/mol. The van der Waals surface area contributed by atoms with Crippen LogP contribution >= 0.6 is 27.5 Å². The van der Waals surface area contributed by atoms with Crippen molar-refractivity contribution >= 4 is 27.5 Å². The van der Waals surface area contributed by atoms with Crippen LogP contribution in [0.5, 0.6) is 0 Å². The van der Waals surface area contributed by atoms with E-state index in [4.69, 9.17) is 21.3 Å². The van der Waals surface area contributed by atoms with Crippen LogP contribution in [0, 0.1) is 5.92 Å². The number of halogens is 2. The third-order valence-electron chi connectivity index (χ3n) is 3.08. The van der Waals surface area contributed by atoms with Gasteiger partial charge < -0.3 is 4.74 Å². The highest BCUT2D eigenvalue weighted by Gasteiger charge is 2.21. The van der Waals surface area contributed by atoms with Crippen LogP contribution in [0.15, 0.2) is 4.47 Å². The maximum absolute atomic E-state index is 6.19. The standard InChI is InChI=1S/C13H18BrClN2O/c1-8(2)7-10-11(14)12(15)17-13(16-10)9-3-5-18-6-4-9/h8-9H,3-7H2,1-2H3. The quantitative estimate of drug-likeness (QED) is 0.785. The molecule has 1 aromatic rings. The van der Waals surface area contributed by atoms with E-state index in [1.807, 2.05) is 0 Å². The number of ether oxygens (including phenoxy) is 1. The lowest BCUT2D eigenvalue weighted by atomic mass is 9.99. The molecule has 0 aromatic carbocycles. The van der Waals surface area contributed by atoms with E-state index in [0.29, 0.717) is 17.0 Å². The summed E-state index contributed by atoms with van der Waals surface area (Å²) in [5.41, 5.74) is 1.02. The fraction of sp³-hybridized carbons (Fsp3) is 0.692. The summed E-state index contributed by atoms with van der Waals surface area (Å²) in [6, 6.07) is 0. The van der Waals surface area contributed by atoms with Gasteiger partial charge in [-0.15, -0.1) is 0 Å². The first kappa shape index (κ1) is 14.2. The Kier molecular flexibility index (Phi) is 4.98. The zero-order chi connectivity index (χ0) is 13.1. The third kappa shape index (κ3) is 3.43. The van der Waals surface area contributed by atoms with Gasteiger partial charge in [0.1, 0.15) is 11.0 Å². The molecule has 0 amide bonds.